The molecule has 28 heavy (non-hydrogen) atoms. The zero-order chi connectivity index (χ0) is 19.5. The highest BCUT2D eigenvalue weighted by Crippen LogP contribution is 2.35. The number of amides is 2. The summed E-state index contributed by atoms with van der Waals surface area (Å²) in [6, 6.07) is 13.8. The van der Waals surface area contributed by atoms with Crippen LogP contribution in [-0.4, -0.2) is 23.6 Å². The second-order valence-corrected chi connectivity index (χ2v) is 8.87. The van der Waals surface area contributed by atoms with E-state index < -0.39 is 0 Å². The molecule has 0 atom stereocenters. The molecule has 146 valence electrons. The van der Waals surface area contributed by atoms with Gasteiger partial charge in [-0.3, -0.25) is 9.59 Å². The van der Waals surface area contributed by atoms with Crippen molar-refractivity contribution < 1.29 is 9.59 Å². The maximum absolute atomic E-state index is 12.7. The maximum atomic E-state index is 12.7. The van der Waals surface area contributed by atoms with Gasteiger partial charge in [0.15, 0.2) is 0 Å². The van der Waals surface area contributed by atoms with Crippen molar-refractivity contribution in [2.75, 3.05) is 16.8 Å². The number of nitrogens with zero attached hydrogens (tertiary/aromatic N) is 1. The van der Waals surface area contributed by atoms with E-state index in [-0.39, 0.29) is 11.8 Å². The third-order valence-electron chi connectivity index (χ3n) is 5.56. The first-order chi connectivity index (χ1) is 13.6. The first kappa shape index (κ1) is 19.1. The molecule has 0 bridgehead atoms. The van der Waals surface area contributed by atoms with Gasteiger partial charge in [-0.1, -0.05) is 19.8 Å². The minimum atomic E-state index is -0.112. The number of benzene rings is 2. The number of nitrogens with one attached hydrogen (secondary N) is 1. The van der Waals surface area contributed by atoms with E-state index in [1.807, 2.05) is 47.9 Å². The predicted octanol–water partition coefficient (Wildman–Crippen LogP) is 5.27. The monoisotopic (exact) mass is 394 g/mol. The van der Waals surface area contributed by atoms with Crippen LogP contribution < -0.4 is 10.2 Å². The second kappa shape index (κ2) is 8.39. The van der Waals surface area contributed by atoms with E-state index in [0.29, 0.717) is 18.5 Å². The Bertz CT molecular complexity index is 873. The summed E-state index contributed by atoms with van der Waals surface area (Å²) in [4.78, 5) is 27.8. The van der Waals surface area contributed by atoms with Crippen molar-refractivity contribution in [3.63, 3.8) is 0 Å². The zero-order valence-corrected chi connectivity index (χ0v) is 17.1. The molecule has 0 saturated heterocycles. The molecule has 0 radical (unpaired) electrons. The lowest BCUT2D eigenvalue weighted by Crippen LogP contribution is -2.27. The van der Waals surface area contributed by atoms with Gasteiger partial charge in [0.05, 0.1) is 0 Å². The molecule has 1 aliphatic heterocycles. The fraction of sp³-hybridized carbons (Fsp3) is 0.391. The van der Waals surface area contributed by atoms with Gasteiger partial charge in [-0.15, -0.1) is 11.8 Å². The summed E-state index contributed by atoms with van der Waals surface area (Å²) in [6.07, 6.45) is 6.60. The van der Waals surface area contributed by atoms with E-state index in [1.165, 1.54) is 30.6 Å². The molecule has 1 fully saturated rings. The van der Waals surface area contributed by atoms with Gasteiger partial charge in [-0.05, 0) is 67.3 Å². The van der Waals surface area contributed by atoms with Crippen molar-refractivity contribution in [3.05, 3.63) is 53.6 Å². The van der Waals surface area contributed by atoms with Crippen LogP contribution in [0.15, 0.2) is 47.4 Å². The Balaban J connectivity index is 1.40. The highest BCUT2D eigenvalue weighted by atomic mass is 32.2. The van der Waals surface area contributed by atoms with Gasteiger partial charge in [0, 0.05) is 40.0 Å². The summed E-state index contributed by atoms with van der Waals surface area (Å²) in [5, 5.41) is 3.73. The molecular weight excluding hydrogens is 368 g/mol. The van der Waals surface area contributed by atoms with Crippen molar-refractivity contribution in [2.24, 2.45) is 0 Å². The van der Waals surface area contributed by atoms with Crippen LogP contribution >= 0.6 is 11.8 Å². The van der Waals surface area contributed by atoms with Crippen molar-refractivity contribution in [2.45, 2.75) is 55.6 Å². The molecule has 2 aromatic carbocycles. The lowest BCUT2D eigenvalue weighted by Gasteiger charge is -2.16. The lowest BCUT2D eigenvalue weighted by molar-refractivity contribution is -0.118. The molecule has 0 spiro atoms. The number of anilines is 2. The summed E-state index contributed by atoms with van der Waals surface area (Å²) in [5.41, 5.74) is 3.45. The summed E-state index contributed by atoms with van der Waals surface area (Å²) in [6.45, 7) is 2.58. The van der Waals surface area contributed by atoms with Gasteiger partial charge in [-0.2, -0.15) is 0 Å². The van der Waals surface area contributed by atoms with Crippen LogP contribution in [0.1, 0.15) is 54.9 Å². The fourth-order valence-electron chi connectivity index (χ4n) is 4.01. The second-order valence-electron chi connectivity index (χ2n) is 7.50. The highest BCUT2D eigenvalue weighted by molar-refractivity contribution is 8.00. The number of fused-ring (bicyclic) bond motifs is 1. The molecule has 4 nitrogen and oxygen atoms in total. The molecule has 2 aliphatic rings. The SMILES string of the molecule is CCC(=O)N1CCc2cc(C(=O)Nc3ccc(SC4CCCC4)cc3)ccc21. The highest BCUT2D eigenvalue weighted by Gasteiger charge is 2.24. The number of rotatable bonds is 5. The third kappa shape index (κ3) is 4.09. The van der Waals surface area contributed by atoms with Gasteiger partial charge in [0.25, 0.3) is 5.91 Å². The number of thioether (sulfide) groups is 1. The van der Waals surface area contributed by atoms with E-state index in [9.17, 15) is 9.59 Å². The van der Waals surface area contributed by atoms with E-state index in [4.69, 9.17) is 0 Å². The molecule has 1 N–H and O–H groups in total. The fourth-order valence-corrected chi connectivity index (χ4v) is 5.26. The van der Waals surface area contributed by atoms with E-state index in [0.717, 1.165) is 28.6 Å². The van der Waals surface area contributed by atoms with Crippen LogP contribution in [-0.2, 0) is 11.2 Å². The molecule has 5 heteroatoms. The van der Waals surface area contributed by atoms with Crippen molar-refractivity contribution in [1.82, 2.24) is 0 Å². The normalized spacial score (nSPS) is 16.2. The largest absolute Gasteiger partial charge is 0.322 e. The molecule has 1 saturated carbocycles. The minimum Gasteiger partial charge on any atom is -0.322 e. The van der Waals surface area contributed by atoms with Crippen LogP contribution in [0.4, 0.5) is 11.4 Å². The number of hydrogen-bond donors (Lipinski definition) is 1. The van der Waals surface area contributed by atoms with E-state index in [2.05, 4.69) is 17.4 Å². The Kier molecular flexibility index (Phi) is 5.72. The predicted molar refractivity (Wildman–Crippen MR) is 115 cm³/mol. The van der Waals surface area contributed by atoms with Gasteiger partial charge in [0.1, 0.15) is 0 Å². The number of carbonyl (C=O) groups excluding carboxylic acids is 2. The molecule has 1 heterocycles. The summed E-state index contributed by atoms with van der Waals surface area (Å²) in [7, 11) is 0. The molecule has 4 rings (SSSR count). The van der Waals surface area contributed by atoms with E-state index >= 15 is 0 Å². The standard InChI is InChI=1S/C23H26N2O2S/c1-2-22(26)25-14-13-16-15-17(7-12-21(16)25)23(27)24-18-8-10-20(11-9-18)28-19-5-3-4-6-19/h7-12,15,19H,2-6,13-14H2,1H3,(H,24,27). The van der Waals surface area contributed by atoms with Gasteiger partial charge in [0.2, 0.25) is 5.91 Å². The van der Waals surface area contributed by atoms with Crippen LogP contribution in [0, 0.1) is 0 Å². The molecular formula is C23H26N2O2S. The Morgan fingerprint density at radius 2 is 1.86 bits per heavy atom. The van der Waals surface area contributed by atoms with Gasteiger partial charge >= 0.3 is 0 Å². The summed E-state index contributed by atoms with van der Waals surface area (Å²) < 4.78 is 0. The van der Waals surface area contributed by atoms with Gasteiger partial charge < -0.3 is 10.2 Å². The molecule has 2 amide bonds. The van der Waals surface area contributed by atoms with Crippen LogP contribution in [0.2, 0.25) is 0 Å². The Morgan fingerprint density at radius 3 is 2.57 bits per heavy atom. The smallest absolute Gasteiger partial charge is 0.255 e. The van der Waals surface area contributed by atoms with Crippen LogP contribution in [0.5, 0.6) is 0 Å². The third-order valence-corrected chi connectivity index (χ3v) is 6.91. The number of hydrogen-bond acceptors (Lipinski definition) is 3. The quantitative estimate of drug-likeness (QED) is 0.751. The van der Waals surface area contributed by atoms with Crippen molar-refractivity contribution >= 4 is 35.0 Å². The van der Waals surface area contributed by atoms with Crippen molar-refractivity contribution in [1.29, 1.82) is 0 Å². The summed E-state index contributed by atoms with van der Waals surface area (Å²) >= 11 is 1.95. The number of carbonyl (C=O) groups is 2. The average molecular weight is 395 g/mol. The van der Waals surface area contributed by atoms with Crippen LogP contribution in [0.3, 0.4) is 0 Å². The maximum Gasteiger partial charge on any atom is 0.255 e. The molecule has 2 aromatic rings. The Labute approximate surface area is 170 Å². The first-order valence-electron chi connectivity index (χ1n) is 10.2. The van der Waals surface area contributed by atoms with Crippen LogP contribution in [0.25, 0.3) is 0 Å². The lowest BCUT2D eigenvalue weighted by atomic mass is 10.1. The minimum absolute atomic E-state index is 0.112. The Hall–Kier alpha value is -2.27. The first-order valence-corrected chi connectivity index (χ1v) is 11.0. The zero-order valence-electron chi connectivity index (χ0n) is 16.2. The summed E-state index contributed by atoms with van der Waals surface area (Å²) in [5.74, 6) is 0.0192. The molecule has 0 aromatic heterocycles. The van der Waals surface area contributed by atoms with Gasteiger partial charge in [-0.25, -0.2) is 0 Å². The average Bonchev–Trinajstić information content (AvgIpc) is 3.38. The van der Waals surface area contributed by atoms with Crippen molar-refractivity contribution in [3.8, 4) is 0 Å². The topological polar surface area (TPSA) is 49.4 Å². The molecule has 1 aliphatic carbocycles. The Morgan fingerprint density at radius 1 is 1.11 bits per heavy atom. The van der Waals surface area contributed by atoms with E-state index in [1.54, 1.807) is 6.07 Å². The molecule has 0 unspecified atom stereocenters.